The number of nitrogens with zero attached hydrogens (tertiary/aromatic N) is 1. The minimum absolute atomic E-state index is 0.335. The second-order valence-corrected chi connectivity index (χ2v) is 6.54. The third-order valence-electron chi connectivity index (χ3n) is 4.00. The molecule has 0 aliphatic rings. The molecule has 122 valence electrons. The van der Waals surface area contributed by atoms with Crippen LogP contribution in [0.1, 0.15) is 27.0 Å². The van der Waals surface area contributed by atoms with Gasteiger partial charge < -0.3 is 4.74 Å². The maximum atomic E-state index is 12.6. The lowest BCUT2D eigenvalue weighted by molar-refractivity contribution is 0.0379. The van der Waals surface area contributed by atoms with Crippen molar-refractivity contribution in [1.82, 2.24) is 4.98 Å². The van der Waals surface area contributed by atoms with Crippen LogP contribution in [0.25, 0.3) is 10.8 Å². The molecule has 0 saturated carbocycles. The molecule has 4 rings (SSSR count). The van der Waals surface area contributed by atoms with Gasteiger partial charge >= 0.3 is 5.97 Å². The average molecular weight is 345 g/mol. The zero-order valence-electron chi connectivity index (χ0n) is 13.3. The Morgan fingerprint density at radius 1 is 0.920 bits per heavy atom. The normalized spacial score (nSPS) is 12.0. The van der Waals surface area contributed by atoms with Crippen molar-refractivity contribution in [2.24, 2.45) is 0 Å². The van der Waals surface area contributed by atoms with Crippen molar-refractivity contribution >= 4 is 28.1 Å². The molecule has 0 bridgehead atoms. The van der Waals surface area contributed by atoms with E-state index in [9.17, 15) is 4.79 Å². The summed E-state index contributed by atoms with van der Waals surface area (Å²) in [6.07, 6.45) is 1.20. The molecule has 0 aliphatic carbocycles. The van der Waals surface area contributed by atoms with Crippen LogP contribution >= 0.6 is 11.3 Å². The summed E-state index contributed by atoms with van der Waals surface area (Å²) in [6.45, 7) is 0. The van der Waals surface area contributed by atoms with Crippen LogP contribution < -0.4 is 0 Å². The molecule has 0 saturated heterocycles. The van der Waals surface area contributed by atoms with Crippen LogP contribution in [0.15, 0.2) is 84.4 Å². The van der Waals surface area contributed by atoms with Gasteiger partial charge in [-0.05, 0) is 28.5 Å². The molecule has 0 radical (unpaired) electrons. The van der Waals surface area contributed by atoms with Crippen LogP contribution in [0.2, 0.25) is 0 Å². The summed E-state index contributed by atoms with van der Waals surface area (Å²) < 4.78 is 5.88. The standard InChI is InChI=1S/C21H15NO2S/c23-21(18-11-6-14-25-18)24-20(16-8-2-1-3-9-16)19-17-10-5-4-7-15(17)12-13-22-19/h1-14,20H. The van der Waals surface area contributed by atoms with Crippen LogP contribution in [0.4, 0.5) is 0 Å². The number of carbonyl (C=O) groups excluding carboxylic acids is 1. The fourth-order valence-corrected chi connectivity index (χ4v) is 3.43. The Bertz CT molecular complexity index is 992. The van der Waals surface area contributed by atoms with Gasteiger partial charge in [0.1, 0.15) is 4.88 Å². The summed E-state index contributed by atoms with van der Waals surface area (Å²) in [6, 6.07) is 23.3. The number of carbonyl (C=O) groups is 1. The molecule has 0 N–H and O–H groups in total. The van der Waals surface area contributed by atoms with Crippen molar-refractivity contribution in [2.45, 2.75) is 6.10 Å². The summed E-state index contributed by atoms with van der Waals surface area (Å²) >= 11 is 1.37. The number of fused-ring (bicyclic) bond motifs is 1. The Morgan fingerprint density at radius 2 is 1.72 bits per heavy atom. The number of thiophene rings is 1. The average Bonchev–Trinajstić information content (AvgIpc) is 3.21. The molecule has 2 aromatic heterocycles. The van der Waals surface area contributed by atoms with E-state index in [-0.39, 0.29) is 5.97 Å². The lowest BCUT2D eigenvalue weighted by atomic mass is 10.0. The fourth-order valence-electron chi connectivity index (χ4n) is 2.82. The largest absolute Gasteiger partial charge is 0.447 e. The smallest absolute Gasteiger partial charge is 0.349 e. The molecule has 25 heavy (non-hydrogen) atoms. The van der Waals surface area contributed by atoms with E-state index in [0.29, 0.717) is 4.88 Å². The van der Waals surface area contributed by atoms with E-state index in [1.807, 2.05) is 72.1 Å². The second kappa shape index (κ2) is 6.87. The number of pyridine rings is 1. The first-order chi connectivity index (χ1) is 12.3. The molecule has 3 nitrogen and oxygen atoms in total. The predicted molar refractivity (Wildman–Crippen MR) is 99.8 cm³/mol. The fraction of sp³-hybridized carbons (Fsp3) is 0.0476. The maximum Gasteiger partial charge on any atom is 0.349 e. The molecule has 2 aromatic carbocycles. The lowest BCUT2D eigenvalue weighted by Crippen LogP contribution is -2.13. The molecule has 1 unspecified atom stereocenters. The van der Waals surface area contributed by atoms with E-state index >= 15 is 0 Å². The Kier molecular flexibility index (Phi) is 4.27. The van der Waals surface area contributed by atoms with Crippen molar-refractivity contribution in [3.63, 3.8) is 0 Å². The van der Waals surface area contributed by atoms with E-state index in [4.69, 9.17) is 4.74 Å². The van der Waals surface area contributed by atoms with Gasteiger partial charge in [-0.15, -0.1) is 11.3 Å². The molecular formula is C21H15NO2S. The van der Waals surface area contributed by atoms with Crippen molar-refractivity contribution in [2.75, 3.05) is 0 Å². The molecule has 0 spiro atoms. The minimum Gasteiger partial charge on any atom is -0.447 e. The number of hydrogen-bond acceptors (Lipinski definition) is 4. The first kappa shape index (κ1) is 15.5. The molecule has 4 aromatic rings. The van der Waals surface area contributed by atoms with Crippen LogP contribution in [0.3, 0.4) is 0 Å². The zero-order valence-corrected chi connectivity index (χ0v) is 14.1. The van der Waals surface area contributed by atoms with Crippen LogP contribution in [0.5, 0.6) is 0 Å². The Labute approximate surface area is 149 Å². The lowest BCUT2D eigenvalue weighted by Gasteiger charge is -2.19. The summed E-state index contributed by atoms with van der Waals surface area (Å²) in [5.74, 6) is -0.335. The van der Waals surface area contributed by atoms with Crippen LogP contribution in [-0.4, -0.2) is 11.0 Å². The molecule has 0 amide bonds. The molecule has 4 heteroatoms. The topological polar surface area (TPSA) is 39.2 Å². The van der Waals surface area contributed by atoms with Crippen LogP contribution in [-0.2, 0) is 4.74 Å². The highest BCUT2D eigenvalue weighted by Crippen LogP contribution is 2.31. The first-order valence-electron chi connectivity index (χ1n) is 7.96. The maximum absolute atomic E-state index is 12.6. The van der Waals surface area contributed by atoms with Gasteiger partial charge in [-0.1, -0.05) is 60.7 Å². The summed E-state index contributed by atoms with van der Waals surface area (Å²) in [5, 5.41) is 3.92. The quantitative estimate of drug-likeness (QED) is 0.475. The highest BCUT2D eigenvalue weighted by molar-refractivity contribution is 7.11. The number of rotatable bonds is 4. The number of aromatic nitrogens is 1. The van der Waals surface area contributed by atoms with Gasteiger partial charge in [-0.3, -0.25) is 4.98 Å². The molecule has 2 heterocycles. The second-order valence-electron chi connectivity index (χ2n) is 5.59. The van der Waals surface area contributed by atoms with Crippen molar-refractivity contribution in [3.05, 3.63) is 101 Å². The first-order valence-corrected chi connectivity index (χ1v) is 8.84. The SMILES string of the molecule is O=C(OC(c1ccccc1)c1nccc2ccccc12)c1cccs1. The van der Waals surface area contributed by atoms with Crippen molar-refractivity contribution < 1.29 is 9.53 Å². The number of esters is 1. The molecular weight excluding hydrogens is 330 g/mol. The highest BCUT2D eigenvalue weighted by Gasteiger charge is 2.23. The minimum atomic E-state index is -0.554. The van der Waals surface area contributed by atoms with E-state index in [1.165, 1.54) is 11.3 Å². The Hall–Kier alpha value is -2.98. The molecule has 0 aliphatic heterocycles. The van der Waals surface area contributed by atoms with Gasteiger partial charge in [-0.2, -0.15) is 0 Å². The van der Waals surface area contributed by atoms with Gasteiger partial charge in [0.05, 0.1) is 5.69 Å². The van der Waals surface area contributed by atoms with Gasteiger partial charge in [0.2, 0.25) is 0 Å². The van der Waals surface area contributed by atoms with Crippen molar-refractivity contribution in [1.29, 1.82) is 0 Å². The Balaban J connectivity index is 1.81. The predicted octanol–water partition coefficient (Wildman–Crippen LogP) is 5.24. The van der Waals surface area contributed by atoms with Crippen molar-refractivity contribution in [3.8, 4) is 0 Å². The third kappa shape index (κ3) is 3.16. The van der Waals surface area contributed by atoms with E-state index < -0.39 is 6.10 Å². The summed E-state index contributed by atoms with van der Waals surface area (Å²) in [7, 11) is 0. The molecule has 1 atom stereocenters. The van der Waals surface area contributed by atoms with Crippen LogP contribution in [0, 0.1) is 0 Å². The number of benzene rings is 2. The van der Waals surface area contributed by atoms with Gasteiger partial charge in [-0.25, -0.2) is 4.79 Å². The summed E-state index contributed by atoms with van der Waals surface area (Å²) in [4.78, 5) is 17.7. The zero-order chi connectivity index (χ0) is 17.1. The van der Waals surface area contributed by atoms with E-state index in [2.05, 4.69) is 4.98 Å². The summed E-state index contributed by atoms with van der Waals surface area (Å²) in [5.41, 5.74) is 1.64. The third-order valence-corrected chi connectivity index (χ3v) is 4.85. The van der Waals surface area contributed by atoms with E-state index in [1.54, 1.807) is 12.3 Å². The number of hydrogen-bond donors (Lipinski definition) is 0. The van der Waals surface area contributed by atoms with Gasteiger partial charge in [0, 0.05) is 11.6 Å². The van der Waals surface area contributed by atoms with E-state index in [0.717, 1.165) is 22.0 Å². The monoisotopic (exact) mass is 345 g/mol. The molecule has 0 fully saturated rings. The Morgan fingerprint density at radius 3 is 2.52 bits per heavy atom. The van der Waals surface area contributed by atoms with Gasteiger partial charge in [0.25, 0.3) is 0 Å². The van der Waals surface area contributed by atoms with Gasteiger partial charge in [0.15, 0.2) is 6.10 Å². The number of ether oxygens (including phenoxy) is 1. The highest BCUT2D eigenvalue weighted by atomic mass is 32.1.